The summed E-state index contributed by atoms with van der Waals surface area (Å²) in [6, 6.07) is 18.6. The first-order valence-corrected chi connectivity index (χ1v) is 11.4. The maximum atomic E-state index is 12.8. The number of rotatable bonds is 8. The van der Waals surface area contributed by atoms with Gasteiger partial charge in [-0.3, -0.25) is 9.69 Å². The van der Waals surface area contributed by atoms with Crippen LogP contribution in [0.4, 0.5) is 0 Å². The van der Waals surface area contributed by atoms with E-state index in [4.69, 9.17) is 9.47 Å². The number of amides is 1. The molecule has 1 N–H and O–H groups in total. The van der Waals surface area contributed by atoms with Crippen LogP contribution in [0.3, 0.4) is 0 Å². The van der Waals surface area contributed by atoms with E-state index in [1.54, 1.807) is 25.6 Å². The molecule has 1 aliphatic heterocycles. The quantitative estimate of drug-likeness (QED) is 0.578. The lowest BCUT2D eigenvalue weighted by Crippen LogP contribution is -2.43. The largest absolute Gasteiger partial charge is 0.493 e. The molecule has 1 aliphatic rings. The number of fused-ring (bicyclic) bond motifs is 1. The van der Waals surface area contributed by atoms with Crippen LogP contribution in [0.5, 0.6) is 11.5 Å². The Morgan fingerprint density at radius 1 is 1.10 bits per heavy atom. The third-order valence-electron chi connectivity index (χ3n) is 5.71. The second kappa shape index (κ2) is 9.98. The van der Waals surface area contributed by atoms with Crippen molar-refractivity contribution in [3.63, 3.8) is 0 Å². The van der Waals surface area contributed by atoms with Crippen LogP contribution in [0.25, 0.3) is 0 Å². The van der Waals surface area contributed by atoms with Gasteiger partial charge in [0.25, 0.3) is 0 Å². The number of thiophene rings is 1. The van der Waals surface area contributed by atoms with Gasteiger partial charge in [-0.15, -0.1) is 11.3 Å². The van der Waals surface area contributed by atoms with Crippen molar-refractivity contribution < 1.29 is 14.3 Å². The Hall–Kier alpha value is -2.83. The number of hydrogen-bond donors (Lipinski definition) is 1. The Balaban J connectivity index is 1.55. The molecule has 0 saturated heterocycles. The lowest BCUT2D eigenvalue weighted by molar-refractivity contribution is -0.122. The lowest BCUT2D eigenvalue weighted by Gasteiger charge is -2.37. The molecule has 31 heavy (non-hydrogen) atoms. The summed E-state index contributed by atoms with van der Waals surface area (Å²) in [7, 11) is 3.32. The van der Waals surface area contributed by atoms with Crippen LogP contribution in [0.2, 0.25) is 0 Å². The number of carbonyl (C=O) groups excluding carboxylic acids is 1. The van der Waals surface area contributed by atoms with Gasteiger partial charge in [-0.05, 0) is 53.1 Å². The van der Waals surface area contributed by atoms with Gasteiger partial charge in [-0.25, -0.2) is 0 Å². The van der Waals surface area contributed by atoms with Gasteiger partial charge in [-0.2, -0.15) is 0 Å². The van der Waals surface area contributed by atoms with Gasteiger partial charge in [0.05, 0.1) is 26.8 Å². The van der Waals surface area contributed by atoms with Gasteiger partial charge in [-0.1, -0.05) is 36.4 Å². The van der Waals surface area contributed by atoms with E-state index in [-0.39, 0.29) is 11.9 Å². The number of benzene rings is 2. The van der Waals surface area contributed by atoms with Crippen LogP contribution < -0.4 is 14.8 Å². The molecule has 0 spiro atoms. The van der Waals surface area contributed by atoms with Gasteiger partial charge in [0.1, 0.15) is 0 Å². The maximum absolute atomic E-state index is 12.8. The molecule has 0 aliphatic carbocycles. The summed E-state index contributed by atoms with van der Waals surface area (Å²) < 4.78 is 11.1. The minimum atomic E-state index is -0.00666. The lowest BCUT2D eigenvalue weighted by atomic mass is 9.87. The summed E-state index contributed by atoms with van der Waals surface area (Å²) >= 11 is 1.72. The highest BCUT2D eigenvalue weighted by Gasteiger charge is 2.31. The number of hydrogen-bond acceptors (Lipinski definition) is 5. The van der Waals surface area contributed by atoms with Crippen molar-refractivity contribution in [3.05, 3.63) is 81.5 Å². The molecule has 6 heteroatoms. The first-order chi connectivity index (χ1) is 15.2. The molecular formula is C25H28N2O3S. The normalized spacial score (nSPS) is 15.9. The molecule has 1 unspecified atom stereocenters. The highest BCUT2D eigenvalue weighted by molar-refractivity contribution is 7.09. The number of nitrogens with one attached hydrogen (secondary N) is 1. The van der Waals surface area contributed by atoms with E-state index in [0.717, 1.165) is 25.1 Å². The molecular weight excluding hydrogens is 408 g/mol. The second-order valence-corrected chi connectivity index (χ2v) is 8.65. The average molecular weight is 437 g/mol. The molecule has 4 rings (SSSR count). The molecule has 1 amide bonds. The van der Waals surface area contributed by atoms with Crippen LogP contribution in [0, 0.1) is 0 Å². The smallest absolute Gasteiger partial charge is 0.234 e. The summed E-state index contributed by atoms with van der Waals surface area (Å²) in [4.78, 5) is 16.3. The maximum Gasteiger partial charge on any atom is 0.234 e. The van der Waals surface area contributed by atoms with Crippen molar-refractivity contribution in [3.8, 4) is 11.5 Å². The molecule has 2 aromatic carbocycles. The van der Waals surface area contributed by atoms with Crippen LogP contribution >= 0.6 is 11.3 Å². The van der Waals surface area contributed by atoms with E-state index in [1.165, 1.54) is 21.6 Å². The van der Waals surface area contributed by atoms with E-state index < -0.39 is 0 Å². The Kier molecular flexibility index (Phi) is 6.89. The van der Waals surface area contributed by atoms with Crippen LogP contribution in [0.15, 0.2) is 60.0 Å². The Morgan fingerprint density at radius 3 is 2.58 bits per heavy atom. The van der Waals surface area contributed by atoms with Crippen molar-refractivity contribution in [2.75, 3.05) is 33.9 Å². The van der Waals surface area contributed by atoms with Crippen LogP contribution in [-0.4, -0.2) is 44.7 Å². The number of ether oxygens (including phenoxy) is 2. The monoisotopic (exact) mass is 436 g/mol. The Labute approximate surface area is 187 Å². The molecule has 2 heterocycles. The minimum Gasteiger partial charge on any atom is -0.493 e. The van der Waals surface area contributed by atoms with E-state index in [2.05, 4.69) is 45.9 Å². The minimum absolute atomic E-state index is 0.00666. The first-order valence-electron chi connectivity index (χ1n) is 10.5. The average Bonchev–Trinajstić information content (AvgIpc) is 3.32. The van der Waals surface area contributed by atoms with E-state index in [0.29, 0.717) is 18.8 Å². The zero-order chi connectivity index (χ0) is 21.6. The summed E-state index contributed by atoms with van der Waals surface area (Å²) in [6.07, 6.45) is 1.73. The predicted octanol–water partition coefficient (Wildman–Crippen LogP) is 4.07. The zero-order valence-corrected chi connectivity index (χ0v) is 18.8. The van der Waals surface area contributed by atoms with E-state index in [9.17, 15) is 4.79 Å². The molecule has 0 radical (unpaired) electrons. The zero-order valence-electron chi connectivity index (χ0n) is 18.0. The summed E-state index contributed by atoms with van der Waals surface area (Å²) in [5.74, 6) is 1.51. The molecule has 3 aromatic rings. The molecule has 5 nitrogen and oxygen atoms in total. The molecule has 0 saturated carbocycles. The number of carbonyl (C=O) groups is 1. The Bertz CT molecular complexity index is 1010. The van der Waals surface area contributed by atoms with Crippen molar-refractivity contribution in [2.24, 2.45) is 0 Å². The highest BCUT2D eigenvalue weighted by Crippen LogP contribution is 2.40. The molecule has 0 fully saturated rings. The molecule has 162 valence electrons. The van der Waals surface area contributed by atoms with Crippen molar-refractivity contribution in [1.29, 1.82) is 0 Å². The van der Waals surface area contributed by atoms with Gasteiger partial charge in [0.15, 0.2) is 11.5 Å². The van der Waals surface area contributed by atoms with Crippen LogP contribution in [-0.2, 0) is 17.6 Å². The Morgan fingerprint density at radius 2 is 1.87 bits per heavy atom. The summed E-state index contributed by atoms with van der Waals surface area (Å²) in [5, 5.41) is 5.15. The second-order valence-electron chi connectivity index (χ2n) is 7.62. The highest BCUT2D eigenvalue weighted by atomic mass is 32.1. The summed E-state index contributed by atoms with van der Waals surface area (Å²) in [6.45, 7) is 1.82. The fourth-order valence-electron chi connectivity index (χ4n) is 4.21. The topological polar surface area (TPSA) is 50.8 Å². The SMILES string of the molecule is COc1cc2c(cc1OC)C(c1ccccc1)N(CC(=O)NCCc1cccs1)CC2. The van der Waals surface area contributed by atoms with Crippen molar-refractivity contribution in [1.82, 2.24) is 10.2 Å². The van der Waals surface area contributed by atoms with E-state index >= 15 is 0 Å². The van der Waals surface area contributed by atoms with Crippen molar-refractivity contribution in [2.45, 2.75) is 18.9 Å². The third-order valence-corrected chi connectivity index (χ3v) is 6.65. The van der Waals surface area contributed by atoms with Crippen molar-refractivity contribution >= 4 is 17.2 Å². The fraction of sp³-hybridized carbons (Fsp3) is 0.320. The summed E-state index contributed by atoms with van der Waals surface area (Å²) in [5.41, 5.74) is 3.57. The van der Waals surface area contributed by atoms with E-state index in [1.807, 2.05) is 24.3 Å². The van der Waals surface area contributed by atoms with Gasteiger partial charge in [0, 0.05) is 18.0 Å². The van der Waals surface area contributed by atoms with Gasteiger partial charge >= 0.3 is 0 Å². The molecule has 1 aromatic heterocycles. The third kappa shape index (κ3) is 4.92. The number of nitrogens with zero attached hydrogens (tertiary/aromatic N) is 1. The fourth-order valence-corrected chi connectivity index (χ4v) is 4.92. The standard InChI is InChI=1S/C25H28N2O3S/c1-29-22-15-19-11-13-27(17-24(28)26-12-10-20-9-6-14-31-20)25(18-7-4-3-5-8-18)21(19)16-23(22)30-2/h3-9,14-16,25H,10-13,17H2,1-2H3,(H,26,28). The van der Waals surface area contributed by atoms with Gasteiger partial charge in [0.2, 0.25) is 5.91 Å². The molecule has 1 atom stereocenters. The predicted molar refractivity (Wildman–Crippen MR) is 124 cm³/mol. The van der Waals surface area contributed by atoms with Crippen LogP contribution in [0.1, 0.15) is 27.6 Å². The molecule has 0 bridgehead atoms. The number of methoxy groups -OCH3 is 2. The first kappa shape index (κ1) is 21.4. The van der Waals surface area contributed by atoms with Gasteiger partial charge < -0.3 is 14.8 Å².